The minimum atomic E-state index is -3.43. The van der Waals surface area contributed by atoms with Gasteiger partial charge in [0.25, 0.3) is 0 Å². The molecule has 1 unspecified atom stereocenters. The molecule has 0 spiro atoms. The molecule has 1 rings (SSSR count). The van der Waals surface area contributed by atoms with Gasteiger partial charge >= 0.3 is 0 Å². The molecule has 7 heteroatoms. The molecule has 0 saturated heterocycles. The van der Waals surface area contributed by atoms with Crippen molar-refractivity contribution >= 4 is 21.8 Å². The molecule has 0 aromatic carbocycles. The van der Waals surface area contributed by atoms with Crippen LogP contribution in [0.15, 0.2) is 17.2 Å². The second-order valence-electron chi connectivity index (χ2n) is 3.87. The van der Waals surface area contributed by atoms with Crippen LogP contribution in [0, 0.1) is 0 Å². The molecule has 17 heavy (non-hydrogen) atoms. The lowest BCUT2D eigenvalue weighted by molar-refractivity contribution is 0.557. The lowest BCUT2D eigenvalue weighted by atomic mass is 10.3. The molecule has 0 amide bonds. The molecule has 0 aliphatic rings. The van der Waals surface area contributed by atoms with E-state index in [1.54, 1.807) is 17.8 Å². The largest absolute Gasteiger partial charge is 0.363 e. The van der Waals surface area contributed by atoms with Crippen molar-refractivity contribution in [1.82, 2.24) is 9.71 Å². The van der Waals surface area contributed by atoms with E-state index in [0.717, 1.165) is 12.2 Å². The van der Waals surface area contributed by atoms with Crippen molar-refractivity contribution in [2.24, 2.45) is 5.73 Å². The summed E-state index contributed by atoms with van der Waals surface area (Å²) in [6.07, 6.45) is 4.28. The highest BCUT2D eigenvalue weighted by molar-refractivity contribution is 7.98. The van der Waals surface area contributed by atoms with Gasteiger partial charge in [0.1, 0.15) is 0 Å². The minimum absolute atomic E-state index is 0.0660. The fraction of sp³-hybridized carbons (Fsp3) is 0.600. The number of rotatable bonds is 7. The summed E-state index contributed by atoms with van der Waals surface area (Å²) < 4.78 is 26.6. The normalized spacial score (nSPS) is 13.8. The lowest BCUT2D eigenvalue weighted by Crippen LogP contribution is -2.32. The second kappa shape index (κ2) is 6.44. The van der Waals surface area contributed by atoms with E-state index < -0.39 is 10.0 Å². The summed E-state index contributed by atoms with van der Waals surface area (Å²) in [5.41, 5.74) is 6.13. The van der Waals surface area contributed by atoms with Gasteiger partial charge in [-0.1, -0.05) is 0 Å². The van der Waals surface area contributed by atoms with Gasteiger partial charge in [0.15, 0.2) is 0 Å². The molecular formula is C10H19N3O2S2. The average molecular weight is 277 g/mol. The molecule has 0 saturated carbocycles. The highest BCUT2D eigenvalue weighted by atomic mass is 32.2. The van der Waals surface area contributed by atoms with Gasteiger partial charge in [0.2, 0.25) is 10.0 Å². The molecule has 1 aromatic rings. The van der Waals surface area contributed by atoms with Crippen LogP contribution in [0.1, 0.15) is 19.0 Å². The summed E-state index contributed by atoms with van der Waals surface area (Å²) in [5.74, 6) is 0.935. The third-order valence-electron chi connectivity index (χ3n) is 2.36. The minimum Gasteiger partial charge on any atom is -0.363 e. The predicted octanol–water partition coefficient (Wildman–Crippen LogP) is 0.893. The summed E-state index contributed by atoms with van der Waals surface area (Å²) in [5, 5.41) is 0. The van der Waals surface area contributed by atoms with Crippen LogP contribution in [-0.2, 0) is 16.6 Å². The van der Waals surface area contributed by atoms with Crippen LogP contribution >= 0.6 is 11.8 Å². The first-order chi connectivity index (χ1) is 7.99. The predicted molar refractivity (Wildman–Crippen MR) is 71.5 cm³/mol. The van der Waals surface area contributed by atoms with Crippen molar-refractivity contribution in [3.8, 4) is 0 Å². The third-order valence-corrected chi connectivity index (χ3v) is 4.57. The van der Waals surface area contributed by atoms with Crippen LogP contribution in [0.2, 0.25) is 0 Å². The smallest absolute Gasteiger partial charge is 0.242 e. The average Bonchev–Trinajstić information content (AvgIpc) is 2.75. The SMILES string of the molecule is CSCCC(C)NS(=O)(=O)c1c[nH]c(CN)c1. The standard InChI is InChI=1S/C10H19N3O2S2/c1-8(3-4-16-2)13-17(14,15)10-5-9(6-11)12-7-10/h5,7-8,12-13H,3-4,6,11H2,1-2H3. The van der Waals surface area contributed by atoms with Crippen LogP contribution in [0.5, 0.6) is 0 Å². The Kier molecular flexibility index (Phi) is 5.51. The Bertz CT molecular complexity index is 442. The Balaban J connectivity index is 2.68. The molecule has 0 aliphatic carbocycles. The molecule has 0 fully saturated rings. The number of H-pyrrole nitrogens is 1. The molecular weight excluding hydrogens is 258 g/mol. The summed E-state index contributed by atoms with van der Waals surface area (Å²) in [7, 11) is -3.43. The van der Waals surface area contributed by atoms with Crippen LogP contribution in [0.4, 0.5) is 0 Å². The third kappa shape index (κ3) is 4.34. The number of aromatic amines is 1. The topological polar surface area (TPSA) is 88.0 Å². The van der Waals surface area contributed by atoms with E-state index in [1.807, 2.05) is 13.2 Å². The quantitative estimate of drug-likeness (QED) is 0.691. The Hall–Kier alpha value is -0.500. The van der Waals surface area contributed by atoms with Gasteiger partial charge in [0.05, 0.1) is 4.90 Å². The van der Waals surface area contributed by atoms with Gasteiger partial charge in [-0.15, -0.1) is 0 Å². The fourth-order valence-corrected chi connectivity index (χ4v) is 3.26. The van der Waals surface area contributed by atoms with Gasteiger partial charge in [-0.05, 0) is 31.4 Å². The summed E-state index contributed by atoms with van der Waals surface area (Å²) >= 11 is 1.70. The first-order valence-electron chi connectivity index (χ1n) is 5.38. The zero-order valence-electron chi connectivity index (χ0n) is 10.1. The number of nitrogens with two attached hydrogens (primary N) is 1. The van der Waals surface area contributed by atoms with Gasteiger partial charge in [-0.2, -0.15) is 11.8 Å². The Labute approximate surface area is 107 Å². The summed E-state index contributed by atoms with van der Waals surface area (Å²) in [6.45, 7) is 2.17. The molecule has 0 bridgehead atoms. The van der Waals surface area contributed by atoms with E-state index in [0.29, 0.717) is 12.2 Å². The first kappa shape index (κ1) is 14.6. The molecule has 0 aliphatic heterocycles. The number of sulfonamides is 1. The van der Waals surface area contributed by atoms with Crippen molar-refractivity contribution in [1.29, 1.82) is 0 Å². The lowest BCUT2D eigenvalue weighted by Gasteiger charge is -2.12. The Morgan fingerprint density at radius 1 is 1.59 bits per heavy atom. The number of nitrogens with one attached hydrogen (secondary N) is 2. The van der Waals surface area contributed by atoms with Crippen molar-refractivity contribution in [3.63, 3.8) is 0 Å². The van der Waals surface area contributed by atoms with Gasteiger partial charge in [-0.25, -0.2) is 13.1 Å². The highest BCUT2D eigenvalue weighted by Gasteiger charge is 2.18. The van der Waals surface area contributed by atoms with Crippen molar-refractivity contribution in [3.05, 3.63) is 18.0 Å². The monoisotopic (exact) mass is 277 g/mol. The van der Waals surface area contributed by atoms with Gasteiger partial charge < -0.3 is 10.7 Å². The van der Waals surface area contributed by atoms with Crippen LogP contribution in [-0.4, -0.2) is 31.5 Å². The van der Waals surface area contributed by atoms with Crippen LogP contribution in [0.25, 0.3) is 0 Å². The number of thioether (sulfide) groups is 1. The van der Waals surface area contributed by atoms with Crippen LogP contribution in [0.3, 0.4) is 0 Å². The summed E-state index contributed by atoms with van der Waals surface area (Å²) in [6, 6.07) is 1.49. The first-order valence-corrected chi connectivity index (χ1v) is 8.26. The van der Waals surface area contributed by atoms with E-state index in [-0.39, 0.29) is 10.9 Å². The van der Waals surface area contributed by atoms with E-state index >= 15 is 0 Å². The number of aromatic nitrogens is 1. The van der Waals surface area contributed by atoms with Gasteiger partial charge in [-0.3, -0.25) is 0 Å². The molecule has 1 aromatic heterocycles. The van der Waals surface area contributed by atoms with Crippen molar-refractivity contribution in [2.75, 3.05) is 12.0 Å². The summed E-state index contributed by atoms with van der Waals surface area (Å²) in [4.78, 5) is 3.07. The second-order valence-corrected chi connectivity index (χ2v) is 6.57. The van der Waals surface area contributed by atoms with Crippen molar-refractivity contribution in [2.45, 2.75) is 30.8 Å². The van der Waals surface area contributed by atoms with Crippen molar-refractivity contribution < 1.29 is 8.42 Å². The Morgan fingerprint density at radius 3 is 2.82 bits per heavy atom. The number of hydrogen-bond acceptors (Lipinski definition) is 4. The molecule has 1 atom stereocenters. The van der Waals surface area contributed by atoms with E-state index in [4.69, 9.17) is 5.73 Å². The molecule has 5 nitrogen and oxygen atoms in total. The zero-order valence-corrected chi connectivity index (χ0v) is 11.7. The molecule has 1 heterocycles. The zero-order chi connectivity index (χ0) is 12.9. The molecule has 4 N–H and O–H groups in total. The number of hydrogen-bond donors (Lipinski definition) is 3. The molecule has 0 radical (unpaired) electrons. The maximum atomic E-state index is 12.0. The molecule has 98 valence electrons. The van der Waals surface area contributed by atoms with Crippen LogP contribution < -0.4 is 10.5 Å². The van der Waals surface area contributed by atoms with E-state index in [2.05, 4.69) is 9.71 Å². The van der Waals surface area contributed by atoms with Gasteiger partial charge in [0, 0.05) is 24.5 Å². The fourth-order valence-electron chi connectivity index (χ4n) is 1.38. The Morgan fingerprint density at radius 2 is 2.29 bits per heavy atom. The van der Waals surface area contributed by atoms with E-state index in [1.165, 1.54) is 6.20 Å². The van der Waals surface area contributed by atoms with E-state index in [9.17, 15) is 8.42 Å². The maximum absolute atomic E-state index is 12.0. The maximum Gasteiger partial charge on any atom is 0.242 e. The highest BCUT2D eigenvalue weighted by Crippen LogP contribution is 2.12.